The molecule has 1 saturated carbocycles. The minimum atomic E-state index is -0.678. The van der Waals surface area contributed by atoms with Crippen LogP contribution in [0.5, 0.6) is 0 Å². The number of nitrogens with two attached hydrogens (primary N) is 1. The highest BCUT2D eigenvalue weighted by Crippen LogP contribution is 2.40. The molecule has 3 aromatic rings. The summed E-state index contributed by atoms with van der Waals surface area (Å²) < 4.78 is 14.2. The van der Waals surface area contributed by atoms with Crippen LogP contribution in [0.15, 0.2) is 47.5 Å². The van der Waals surface area contributed by atoms with Crippen LogP contribution in [0.4, 0.5) is 10.1 Å². The number of aliphatic hydroxyl groups is 1. The van der Waals surface area contributed by atoms with E-state index in [0.717, 1.165) is 29.6 Å². The van der Waals surface area contributed by atoms with Crippen LogP contribution in [0, 0.1) is 17.1 Å². The van der Waals surface area contributed by atoms with Gasteiger partial charge in [0.05, 0.1) is 22.6 Å². The first-order valence-corrected chi connectivity index (χ1v) is 10.2. The number of carbonyl (C=O) groups excluding carboxylic acids is 1. The standard InChI is InChI=1S/C23H18FN3O2S/c24-20-8-14(1-2-16(20)10-25)19-9-18(12-28)30-22(19)15-3-4-21(26)17(7-15)11-27-13-23(29)5-6-23/h1-4,7-9,11-12,29H,5-6,13,26H2. The van der Waals surface area contributed by atoms with E-state index in [9.17, 15) is 14.3 Å². The Kier molecular flexibility index (Phi) is 5.20. The zero-order valence-corrected chi connectivity index (χ0v) is 16.7. The van der Waals surface area contributed by atoms with Crippen molar-refractivity contribution >= 4 is 29.5 Å². The van der Waals surface area contributed by atoms with Gasteiger partial charge in [0.25, 0.3) is 0 Å². The Labute approximate surface area is 176 Å². The first kappa shape index (κ1) is 20.0. The smallest absolute Gasteiger partial charge is 0.160 e. The van der Waals surface area contributed by atoms with Crippen LogP contribution < -0.4 is 5.73 Å². The highest BCUT2D eigenvalue weighted by atomic mass is 32.1. The highest BCUT2D eigenvalue weighted by molar-refractivity contribution is 7.17. The fourth-order valence-corrected chi connectivity index (χ4v) is 4.11. The molecular formula is C23H18FN3O2S. The third kappa shape index (κ3) is 4.01. The predicted molar refractivity (Wildman–Crippen MR) is 116 cm³/mol. The maximum absolute atomic E-state index is 14.2. The number of nitrogens with zero attached hydrogens (tertiary/aromatic N) is 2. The molecule has 1 aliphatic rings. The summed E-state index contributed by atoms with van der Waals surface area (Å²) in [7, 11) is 0. The van der Waals surface area contributed by atoms with Crippen LogP contribution >= 0.6 is 11.3 Å². The lowest BCUT2D eigenvalue weighted by molar-refractivity contribution is 0.112. The van der Waals surface area contributed by atoms with Crippen molar-refractivity contribution in [3.8, 4) is 27.6 Å². The van der Waals surface area contributed by atoms with Gasteiger partial charge >= 0.3 is 0 Å². The van der Waals surface area contributed by atoms with Crippen LogP contribution in [0.1, 0.15) is 33.6 Å². The van der Waals surface area contributed by atoms with Crippen molar-refractivity contribution in [3.05, 3.63) is 64.3 Å². The Morgan fingerprint density at radius 1 is 1.23 bits per heavy atom. The maximum atomic E-state index is 14.2. The van der Waals surface area contributed by atoms with Crippen molar-refractivity contribution in [2.24, 2.45) is 4.99 Å². The molecular weight excluding hydrogens is 401 g/mol. The van der Waals surface area contributed by atoms with E-state index in [1.165, 1.54) is 23.5 Å². The molecule has 1 aromatic heterocycles. The Balaban J connectivity index is 1.74. The second-order valence-electron chi connectivity index (χ2n) is 7.35. The summed E-state index contributed by atoms with van der Waals surface area (Å²) >= 11 is 1.30. The van der Waals surface area contributed by atoms with Gasteiger partial charge in [-0.05, 0) is 54.3 Å². The lowest BCUT2D eigenvalue weighted by Gasteiger charge is -2.08. The van der Waals surface area contributed by atoms with Crippen LogP contribution in [-0.2, 0) is 0 Å². The molecule has 0 amide bonds. The van der Waals surface area contributed by atoms with Crippen molar-refractivity contribution in [1.82, 2.24) is 0 Å². The van der Waals surface area contributed by atoms with E-state index in [0.29, 0.717) is 33.8 Å². The van der Waals surface area contributed by atoms with E-state index in [1.807, 2.05) is 18.2 Å². The number of thiophene rings is 1. The lowest BCUT2D eigenvalue weighted by atomic mass is 9.99. The van der Waals surface area contributed by atoms with Gasteiger partial charge in [0.15, 0.2) is 6.29 Å². The number of benzene rings is 2. The van der Waals surface area contributed by atoms with Crippen LogP contribution in [0.2, 0.25) is 0 Å². The van der Waals surface area contributed by atoms with Crippen molar-refractivity contribution in [3.63, 3.8) is 0 Å². The summed E-state index contributed by atoms with van der Waals surface area (Å²) in [5.74, 6) is -0.608. The maximum Gasteiger partial charge on any atom is 0.160 e. The Hall–Kier alpha value is -3.34. The van der Waals surface area contributed by atoms with Gasteiger partial charge in [0, 0.05) is 27.9 Å². The molecule has 0 unspecified atom stereocenters. The Morgan fingerprint density at radius 3 is 2.67 bits per heavy atom. The van der Waals surface area contributed by atoms with E-state index in [2.05, 4.69) is 4.99 Å². The van der Waals surface area contributed by atoms with Crippen LogP contribution in [0.3, 0.4) is 0 Å². The minimum Gasteiger partial charge on any atom is -0.398 e. The van der Waals surface area contributed by atoms with E-state index in [-0.39, 0.29) is 5.56 Å². The molecule has 0 saturated heterocycles. The number of anilines is 1. The molecule has 5 nitrogen and oxygen atoms in total. The molecule has 3 N–H and O–H groups in total. The van der Waals surface area contributed by atoms with Crippen LogP contribution in [-0.4, -0.2) is 29.8 Å². The minimum absolute atomic E-state index is 0.0329. The Morgan fingerprint density at radius 2 is 2.00 bits per heavy atom. The number of hydrogen-bond donors (Lipinski definition) is 2. The zero-order chi connectivity index (χ0) is 21.3. The fraction of sp³-hybridized carbons (Fsp3) is 0.174. The Bertz CT molecular complexity index is 1210. The monoisotopic (exact) mass is 419 g/mol. The second-order valence-corrected chi connectivity index (χ2v) is 8.44. The normalized spacial score (nSPS) is 14.6. The molecule has 1 aliphatic carbocycles. The van der Waals surface area contributed by atoms with E-state index < -0.39 is 11.4 Å². The van der Waals surface area contributed by atoms with E-state index in [4.69, 9.17) is 11.0 Å². The van der Waals surface area contributed by atoms with Gasteiger partial charge in [0.1, 0.15) is 11.9 Å². The topological polar surface area (TPSA) is 99.5 Å². The number of aliphatic imine (C=N–C) groups is 1. The molecule has 1 fully saturated rings. The molecule has 0 bridgehead atoms. The number of carbonyl (C=O) groups is 1. The molecule has 0 aliphatic heterocycles. The van der Waals surface area contributed by atoms with Crippen molar-refractivity contribution in [1.29, 1.82) is 5.26 Å². The summed E-state index contributed by atoms with van der Waals surface area (Å²) in [6.45, 7) is 0.334. The molecule has 30 heavy (non-hydrogen) atoms. The molecule has 0 spiro atoms. The summed E-state index contributed by atoms with van der Waals surface area (Å²) in [5, 5.41) is 18.9. The van der Waals surface area contributed by atoms with Gasteiger partial charge in [-0.1, -0.05) is 12.1 Å². The first-order chi connectivity index (χ1) is 14.4. The average molecular weight is 419 g/mol. The highest BCUT2D eigenvalue weighted by Gasteiger charge is 2.39. The van der Waals surface area contributed by atoms with Gasteiger partial charge in [-0.25, -0.2) is 4.39 Å². The van der Waals surface area contributed by atoms with Crippen LogP contribution in [0.25, 0.3) is 21.6 Å². The fourth-order valence-electron chi connectivity index (χ4n) is 3.11. The molecule has 0 atom stereocenters. The quantitative estimate of drug-likeness (QED) is 0.351. The van der Waals surface area contributed by atoms with E-state index in [1.54, 1.807) is 24.4 Å². The number of nitriles is 1. The lowest BCUT2D eigenvalue weighted by Crippen LogP contribution is -2.11. The summed E-state index contributed by atoms with van der Waals surface area (Å²) in [5.41, 5.74) is 8.71. The molecule has 7 heteroatoms. The number of nitrogen functional groups attached to an aromatic ring is 1. The molecule has 4 rings (SSSR count). The molecule has 0 radical (unpaired) electrons. The summed E-state index contributed by atoms with van der Waals surface area (Å²) in [6.07, 6.45) is 3.92. The number of halogens is 1. The average Bonchev–Trinajstić information content (AvgIpc) is 3.31. The first-order valence-electron chi connectivity index (χ1n) is 9.33. The second kappa shape index (κ2) is 7.82. The van der Waals surface area contributed by atoms with E-state index >= 15 is 0 Å². The van der Waals surface area contributed by atoms with Gasteiger partial charge in [-0.15, -0.1) is 11.3 Å². The zero-order valence-electron chi connectivity index (χ0n) is 15.9. The van der Waals surface area contributed by atoms with Crippen molar-refractivity contribution in [2.45, 2.75) is 18.4 Å². The molecule has 2 aromatic carbocycles. The number of aldehydes is 1. The third-order valence-electron chi connectivity index (χ3n) is 5.06. The molecule has 1 heterocycles. The molecule has 150 valence electrons. The van der Waals surface area contributed by atoms with Gasteiger partial charge in [0.2, 0.25) is 0 Å². The van der Waals surface area contributed by atoms with Gasteiger partial charge in [-0.3, -0.25) is 9.79 Å². The largest absolute Gasteiger partial charge is 0.398 e. The third-order valence-corrected chi connectivity index (χ3v) is 6.17. The van der Waals surface area contributed by atoms with Gasteiger partial charge in [-0.2, -0.15) is 5.26 Å². The summed E-state index contributed by atoms with van der Waals surface area (Å²) in [6, 6.07) is 13.4. The van der Waals surface area contributed by atoms with Crippen molar-refractivity contribution in [2.75, 3.05) is 12.3 Å². The summed E-state index contributed by atoms with van der Waals surface area (Å²) in [4.78, 5) is 17.0. The van der Waals surface area contributed by atoms with Gasteiger partial charge < -0.3 is 10.8 Å². The SMILES string of the molecule is N#Cc1ccc(-c2cc(C=O)sc2-c2ccc(N)c(C=NCC3(O)CC3)c2)cc1F. The van der Waals surface area contributed by atoms with Crippen molar-refractivity contribution < 1.29 is 14.3 Å². The predicted octanol–water partition coefficient (Wildman–Crippen LogP) is 4.43. The number of hydrogen-bond acceptors (Lipinski definition) is 6. The number of rotatable bonds is 6.